The molecule has 0 radical (unpaired) electrons. The molecule has 2 heterocycles. The minimum Gasteiger partial charge on any atom is -0.395 e. The number of nitrogens with zero attached hydrogens (tertiary/aromatic N) is 3. The molecule has 5 heteroatoms. The van der Waals surface area contributed by atoms with Crippen molar-refractivity contribution < 1.29 is 5.11 Å². The van der Waals surface area contributed by atoms with Gasteiger partial charge in [-0.25, -0.2) is 4.98 Å². The van der Waals surface area contributed by atoms with Gasteiger partial charge < -0.3 is 15.3 Å². The van der Waals surface area contributed by atoms with Gasteiger partial charge >= 0.3 is 0 Å². The minimum atomic E-state index is 0.231. The fraction of sp³-hybridized carbons (Fsp3) is 0.667. The Bertz CT molecular complexity index is 356. The number of aliphatic hydroxyl groups excluding tert-OH is 1. The summed E-state index contributed by atoms with van der Waals surface area (Å²) in [4.78, 5) is 11.0. The molecule has 1 fully saturated rings. The smallest absolute Gasteiger partial charge is 0.144 e. The highest BCUT2D eigenvalue weighted by molar-refractivity contribution is 5.31. The molecule has 0 amide bonds. The highest BCUT2D eigenvalue weighted by Gasteiger charge is 2.22. The number of hydrogen-bond donors (Lipinski definition) is 2. The first kappa shape index (κ1) is 12.3. The van der Waals surface area contributed by atoms with E-state index in [9.17, 15) is 0 Å². The van der Waals surface area contributed by atoms with E-state index in [0.717, 1.165) is 44.0 Å². The van der Waals surface area contributed by atoms with Gasteiger partial charge in [0.1, 0.15) is 5.82 Å². The molecule has 2 N–H and O–H groups in total. The standard InChI is InChI=1S/C12H20N4O/c1-13-12-8-14-7-11(15-12)10-3-2-4-16(9-10)5-6-17/h7-8,10,17H,2-6,9H2,1H3,(H,13,15)/t10-/m1/s1. The average Bonchev–Trinajstić information content (AvgIpc) is 2.40. The lowest BCUT2D eigenvalue weighted by Gasteiger charge is -2.31. The van der Waals surface area contributed by atoms with Crippen LogP contribution in [0.15, 0.2) is 12.4 Å². The maximum absolute atomic E-state index is 8.98. The van der Waals surface area contributed by atoms with Gasteiger partial charge in [0.25, 0.3) is 0 Å². The summed E-state index contributed by atoms with van der Waals surface area (Å²) < 4.78 is 0. The fourth-order valence-electron chi connectivity index (χ4n) is 2.34. The fourth-order valence-corrected chi connectivity index (χ4v) is 2.34. The van der Waals surface area contributed by atoms with E-state index in [1.54, 1.807) is 6.20 Å². The molecule has 0 bridgehead atoms. The Hall–Kier alpha value is -1.20. The summed E-state index contributed by atoms with van der Waals surface area (Å²) in [5, 5.41) is 12.0. The second-order valence-electron chi connectivity index (χ2n) is 4.44. The number of nitrogens with one attached hydrogen (secondary N) is 1. The number of rotatable bonds is 4. The van der Waals surface area contributed by atoms with E-state index in [0.29, 0.717) is 5.92 Å². The lowest BCUT2D eigenvalue weighted by Crippen LogP contribution is -2.36. The van der Waals surface area contributed by atoms with E-state index >= 15 is 0 Å². The van der Waals surface area contributed by atoms with E-state index in [2.05, 4.69) is 20.2 Å². The summed E-state index contributed by atoms with van der Waals surface area (Å²) >= 11 is 0. The van der Waals surface area contributed by atoms with Gasteiger partial charge in [-0.15, -0.1) is 0 Å². The minimum absolute atomic E-state index is 0.231. The summed E-state index contributed by atoms with van der Waals surface area (Å²) in [5.74, 6) is 1.26. The molecule has 94 valence electrons. The van der Waals surface area contributed by atoms with Crippen molar-refractivity contribution in [3.05, 3.63) is 18.1 Å². The van der Waals surface area contributed by atoms with Gasteiger partial charge in [-0.2, -0.15) is 0 Å². The van der Waals surface area contributed by atoms with Crippen molar-refractivity contribution >= 4 is 5.82 Å². The predicted octanol–water partition coefficient (Wildman–Crippen LogP) is 0.690. The molecule has 1 saturated heterocycles. The molecule has 2 rings (SSSR count). The van der Waals surface area contributed by atoms with Crippen LogP contribution in [0.4, 0.5) is 5.82 Å². The molecule has 17 heavy (non-hydrogen) atoms. The van der Waals surface area contributed by atoms with Crippen LogP contribution in [0.2, 0.25) is 0 Å². The van der Waals surface area contributed by atoms with Gasteiger partial charge in [-0.1, -0.05) is 0 Å². The monoisotopic (exact) mass is 236 g/mol. The quantitative estimate of drug-likeness (QED) is 0.805. The molecule has 5 nitrogen and oxygen atoms in total. The zero-order valence-electron chi connectivity index (χ0n) is 10.3. The van der Waals surface area contributed by atoms with Crippen LogP contribution in [0.1, 0.15) is 24.5 Å². The van der Waals surface area contributed by atoms with Crippen LogP contribution in [0.25, 0.3) is 0 Å². The molecule has 1 aliphatic heterocycles. The Kier molecular flexibility index (Phi) is 4.28. The highest BCUT2D eigenvalue weighted by Crippen LogP contribution is 2.25. The van der Waals surface area contributed by atoms with Crippen molar-refractivity contribution in [1.29, 1.82) is 0 Å². The van der Waals surface area contributed by atoms with Crippen LogP contribution >= 0.6 is 0 Å². The third-order valence-corrected chi connectivity index (χ3v) is 3.25. The first-order valence-corrected chi connectivity index (χ1v) is 6.16. The predicted molar refractivity (Wildman–Crippen MR) is 67.1 cm³/mol. The van der Waals surface area contributed by atoms with E-state index in [1.807, 2.05) is 13.2 Å². The van der Waals surface area contributed by atoms with E-state index in [4.69, 9.17) is 5.11 Å². The molecule has 1 atom stereocenters. The summed E-state index contributed by atoms with van der Waals surface area (Å²) in [7, 11) is 1.85. The van der Waals surface area contributed by atoms with Gasteiger partial charge in [-0.05, 0) is 19.4 Å². The maximum Gasteiger partial charge on any atom is 0.144 e. The number of hydrogen-bond acceptors (Lipinski definition) is 5. The Morgan fingerprint density at radius 3 is 3.18 bits per heavy atom. The average molecular weight is 236 g/mol. The first-order valence-electron chi connectivity index (χ1n) is 6.16. The number of anilines is 1. The van der Waals surface area contributed by atoms with E-state index < -0.39 is 0 Å². The second kappa shape index (κ2) is 5.93. The molecule has 0 saturated carbocycles. The molecule has 1 aromatic heterocycles. The molecule has 0 aliphatic carbocycles. The van der Waals surface area contributed by atoms with Crippen LogP contribution < -0.4 is 5.32 Å². The van der Waals surface area contributed by atoms with Crippen LogP contribution in [-0.4, -0.2) is 53.3 Å². The summed E-state index contributed by atoms with van der Waals surface area (Å²) in [6, 6.07) is 0. The molecular weight excluding hydrogens is 216 g/mol. The van der Waals surface area contributed by atoms with Gasteiger partial charge in [-0.3, -0.25) is 4.98 Å². The Morgan fingerprint density at radius 1 is 1.53 bits per heavy atom. The van der Waals surface area contributed by atoms with Crippen LogP contribution in [0.3, 0.4) is 0 Å². The van der Waals surface area contributed by atoms with Crippen molar-refractivity contribution in [3.8, 4) is 0 Å². The lowest BCUT2D eigenvalue weighted by molar-refractivity contribution is 0.160. The third kappa shape index (κ3) is 3.14. The van der Waals surface area contributed by atoms with Crippen molar-refractivity contribution in [3.63, 3.8) is 0 Å². The molecule has 0 aromatic carbocycles. The van der Waals surface area contributed by atoms with Crippen LogP contribution in [-0.2, 0) is 0 Å². The first-order chi connectivity index (χ1) is 8.33. The SMILES string of the molecule is CNc1cncc([C@@H]2CCCN(CCO)C2)n1. The summed E-state index contributed by atoms with van der Waals surface area (Å²) in [6.45, 7) is 3.04. The molecular formula is C12H20N4O. The Labute approximate surface area is 102 Å². The molecule has 0 spiro atoms. The highest BCUT2D eigenvalue weighted by atomic mass is 16.3. The number of likely N-dealkylation sites (tertiary alicyclic amines) is 1. The number of piperidine rings is 1. The Balaban J connectivity index is 2.05. The van der Waals surface area contributed by atoms with E-state index in [1.165, 1.54) is 0 Å². The summed E-state index contributed by atoms with van der Waals surface area (Å²) in [5.41, 5.74) is 1.06. The van der Waals surface area contributed by atoms with Gasteiger partial charge in [0, 0.05) is 32.3 Å². The zero-order chi connectivity index (χ0) is 12.1. The number of aromatic nitrogens is 2. The zero-order valence-corrected chi connectivity index (χ0v) is 10.3. The van der Waals surface area contributed by atoms with Crippen LogP contribution in [0, 0.1) is 0 Å². The van der Waals surface area contributed by atoms with Crippen molar-refractivity contribution in [2.45, 2.75) is 18.8 Å². The molecule has 1 aliphatic rings. The largest absolute Gasteiger partial charge is 0.395 e. The van der Waals surface area contributed by atoms with Crippen molar-refractivity contribution in [2.75, 3.05) is 38.6 Å². The second-order valence-corrected chi connectivity index (χ2v) is 4.44. The normalized spacial score (nSPS) is 21.4. The van der Waals surface area contributed by atoms with E-state index in [-0.39, 0.29) is 6.61 Å². The van der Waals surface area contributed by atoms with Gasteiger partial charge in [0.2, 0.25) is 0 Å². The molecule has 1 aromatic rings. The maximum atomic E-state index is 8.98. The van der Waals surface area contributed by atoms with Crippen molar-refractivity contribution in [1.82, 2.24) is 14.9 Å². The van der Waals surface area contributed by atoms with Crippen molar-refractivity contribution in [2.24, 2.45) is 0 Å². The van der Waals surface area contributed by atoms with Crippen LogP contribution in [0.5, 0.6) is 0 Å². The van der Waals surface area contributed by atoms with Gasteiger partial charge in [0.05, 0.1) is 18.5 Å². The third-order valence-electron chi connectivity index (χ3n) is 3.25. The lowest BCUT2D eigenvalue weighted by atomic mass is 9.95. The number of aliphatic hydroxyl groups is 1. The van der Waals surface area contributed by atoms with Gasteiger partial charge in [0.15, 0.2) is 0 Å². The Morgan fingerprint density at radius 2 is 2.41 bits per heavy atom. The number of β-amino-alcohol motifs (C(OH)–C–C–N with tert-alkyl or cyclic N) is 1. The summed E-state index contributed by atoms with van der Waals surface area (Å²) in [6.07, 6.45) is 5.91. The topological polar surface area (TPSA) is 61.3 Å². The molecule has 0 unspecified atom stereocenters.